The number of nitrogens with zero attached hydrogens (tertiary/aromatic N) is 3. The number of likely N-dealkylation sites (tertiary alicyclic amines) is 1. The van der Waals surface area contributed by atoms with E-state index in [1.807, 2.05) is 32.9 Å². The van der Waals surface area contributed by atoms with Gasteiger partial charge in [0, 0.05) is 37.6 Å². The lowest BCUT2D eigenvalue weighted by atomic mass is 10.0. The fraction of sp³-hybridized carbons (Fsp3) is 0.571. The van der Waals surface area contributed by atoms with Crippen molar-refractivity contribution >= 4 is 18.0 Å². The van der Waals surface area contributed by atoms with Gasteiger partial charge in [0.15, 0.2) is 6.61 Å². The molecule has 0 aromatic carbocycles. The molecule has 1 amide bonds. The topological polar surface area (TPSA) is 84.6 Å². The zero-order valence-electron chi connectivity index (χ0n) is 17.2. The molecule has 0 aliphatic carbocycles. The number of carbonyl (C=O) groups excluding carboxylic acids is 2. The summed E-state index contributed by atoms with van der Waals surface area (Å²) in [4.78, 5) is 26.4. The summed E-state index contributed by atoms with van der Waals surface area (Å²) in [5, 5.41) is 9.38. The van der Waals surface area contributed by atoms with Crippen LogP contribution in [-0.2, 0) is 25.6 Å². The highest BCUT2D eigenvalue weighted by atomic mass is 16.5. The second-order valence-electron chi connectivity index (χ2n) is 7.15. The van der Waals surface area contributed by atoms with Crippen LogP contribution in [0.25, 0.3) is 6.08 Å². The van der Waals surface area contributed by atoms with Crippen LogP contribution in [0.5, 0.6) is 0 Å². The zero-order valence-corrected chi connectivity index (χ0v) is 17.2. The first-order valence-corrected chi connectivity index (χ1v) is 9.63. The van der Waals surface area contributed by atoms with Gasteiger partial charge in [-0.3, -0.25) is 4.79 Å². The lowest BCUT2D eigenvalue weighted by Crippen LogP contribution is -2.44. The van der Waals surface area contributed by atoms with Gasteiger partial charge in [-0.1, -0.05) is 0 Å². The molecule has 28 heavy (non-hydrogen) atoms. The molecule has 0 saturated carbocycles. The average Bonchev–Trinajstić information content (AvgIpc) is 2.95. The van der Waals surface area contributed by atoms with Crippen molar-refractivity contribution in [3.05, 3.63) is 28.6 Å². The van der Waals surface area contributed by atoms with Crippen molar-refractivity contribution in [2.45, 2.75) is 52.6 Å². The number of nitriles is 1. The molecule has 152 valence electrons. The summed E-state index contributed by atoms with van der Waals surface area (Å²) in [7, 11) is 1.64. The van der Waals surface area contributed by atoms with Crippen LogP contribution in [0.3, 0.4) is 0 Å². The van der Waals surface area contributed by atoms with Crippen LogP contribution in [0.1, 0.15) is 43.1 Å². The molecule has 1 aromatic rings. The van der Waals surface area contributed by atoms with Gasteiger partial charge in [0.05, 0.1) is 6.61 Å². The maximum atomic E-state index is 12.3. The SMILES string of the molecule is COCCn1c(C)cc(C=C(C#N)C(=O)OCC(=O)N2CCCCC2C)c1C. The molecule has 0 N–H and O–H groups in total. The van der Waals surface area contributed by atoms with Crippen LogP contribution >= 0.6 is 0 Å². The molecule has 1 aliphatic rings. The van der Waals surface area contributed by atoms with Crippen molar-refractivity contribution in [3.8, 4) is 6.07 Å². The molecule has 7 heteroatoms. The highest BCUT2D eigenvalue weighted by Crippen LogP contribution is 2.19. The molecule has 1 unspecified atom stereocenters. The first-order valence-electron chi connectivity index (χ1n) is 9.63. The Hall–Kier alpha value is -2.59. The number of rotatable bonds is 7. The minimum absolute atomic E-state index is 0.119. The number of aryl methyl sites for hydroxylation is 1. The highest BCUT2D eigenvalue weighted by Gasteiger charge is 2.24. The third kappa shape index (κ3) is 5.23. The van der Waals surface area contributed by atoms with Crippen molar-refractivity contribution in [1.82, 2.24) is 9.47 Å². The van der Waals surface area contributed by atoms with Crippen molar-refractivity contribution in [1.29, 1.82) is 5.26 Å². The Morgan fingerprint density at radius 3 is 2.75 bits per heavy atom. The van der Waals surface area contributed by atoms with Crippen LogP contribution in [0.4, 0.5) is 0 Å². The summed E-state index contributed by atoms with van der Waals surface area (Å²) in [5.41, 5.74) is 2.61. The normalized spacial score (nSPS) is 17.3. The number of methoxy groups -OCH3 is 1. The molecule has 1 saturated heterocycles. The first kappa shape index (κ1) is 21.7. The van der Waals surface area contributed by atoms with E-state index in [2.05, 4.69) is 4.57 Å². The average molecular weight is 387 g/mol. The van der Waals surface area contributed by atoms with E-state index in [1.54, 1.807) is 12.0 Å². The molecule has 2 rings (SSSR count). The van der Waals surface area contributed by atoms with E-state index >= 15 is 0 Å². The molecule has 1 aromatic heterocycles. The molecule has 1 aliphatic heterocycles. The predicted molar refractivity (Wildman–Crippen MR) is 105 cm³/mol. The van der Waals surface area contributed by atoms with Crippen molar-refractivity contribution in [2.24, 2.45) is 0 Å². The van der Waals surface area contributed by atoms with Gasteiger partial charge in [0.25, 0.3) is 5.91 Å². The third-order valence-corrected chi connectivity index (χ3v) is 5.22. The van der Waals surface area contributed by atoms with Crippen LogP contribution in [0.15, 0.2) is 11.6 Å². The lowest BCUT2D eigenvalue weighted by Gasteiger charge is -2.33. The van der Waals surface area contributed by atoms with E-state index in [9.17, 15) is 14.9 Å². The summed E-state index contributed by atoms with van der Waals surface area (Å²) >= 11 is 0. The summed E-state index contributed by atoms with van der Waals surface area (Å²) in [6.07, 6.45) is 4.55. The molecule has 1 fully saturated rings. The molecular formula is C21H29N3O4. The molecule has 0 radical (unpaired) electrons. The largest absolute Gasteiger partial charge is 0.451 e. The molecular weight excluding hydrogens is 358 g/mol. The Kier molecular flexibility index (Phi) is 7.82. The third-order valence-electron chi connectivity index (χ3n) is 5.22. The van der Waals surface area contributed by atoms with Gasteiger partial charge in [-0.05, 0) is 57.7 Å². The van der Waals surface area contributed by atoms with Gasteiger partial charge in [-0.15, -0.1) is 0 Å². The van der Waals surface area contributed by atoms with E-state index in [1.165, 1.54) is 6.08 Å². The van der Waals surface area contributed by atoms with E-state index in [0.29, 0.717) is 19.7 Å². The number of ether oxygens (including phenoxy) is 2. The van der Waals surface area contributed by atoms with Crippen molar-refractivity contribution < 1.29 is 19.1 Å². The maximum Gasteiger partial charge on any atom is 0.349 e. The molecule has 1 atom stereocenters. The van der Waals surface area contributed by atoms with Crippen molar-refractivity contribution in [2.75, 3.05) is 26.9 Å². The quantitative estimate of drug-likeness (QED) is 0.408. The molecule has 0 bridgehead atoms. The van der Waals surface area contributed by atoms with Gasteiger partial charge in [0.1, 0.15) is 11.6 Å². The Labute approximate surface area is 166 Å². The first-order chi connectivity index (χ1) is 13.4. The minimum atomic E-state index is -0.776. The molecule has 7 nitrogen and oxygen atoms in total. The van der Waals surface area contributed by atoms with Gasteiger partial charge < -0.3 is 18.9 Å². The standard InChI is InChI=1S/C21H29N3O4/c1-15-7-5-6-8-24(15)20(25)14-28-21(26)19(13-22)12-18-11-16(2)23(17(18)3)9-10-27-4/h11-12,15H,5-10,14H2,1-4H3. The van der Waals surface area contributed by atoms with E-state index in [4.69, 9.17) is 9.47 Å². The number of piperidine rings is 1. The second kappa shape index (κ2) is 10.1. The fourth-order valence-electron chi connectivity index (χ4n) is 3.55. The van der Waals surface area contributed by atoms with Gasteiger partial charge in [0.2, 0.25) is 0 Å². The summed E-state index contributed by atoms with van der Waals surface area (Å²) in [6, 6.07) is 3.96. The van der Waals surface area contributed by atoms with Crippen LogP contribution in [0.2, 0.25) is 0 Å². The van der Waals surface area contributed by atoms with Crippen molar-refractivity contribution in [3.63, 3.8) is 0 Å². The zero-order chi connectivity index (χ0) is 20.7. The number of carbonyl (C=O) groups is 2. The van der Waals surface area contributed by atoms with Gasteiger partial charge >= 0.3 is 5.97 Å². The second-order valence-corrected chi connectivity index (χ2v) is 7.15. The Balaban J connectivity index is 2.05. The number of hydrogen-bond acceptors (Lipinski definition) is 5. The Bertz CT molecular complexity index is 788. The van der Waals surface area contributed by atoms with E-state index < -0.39 is 5.97 Å². The maximum absolute atomic E-state index is 12.3. The highest BCUT2D eigenvalue weighted by molar-refractivity contribution is 5.99. The van der Waals surface area contributed by atoms with Crippen LogP contribution in [-0.4, -0.2) is 54.3 Å². The smallest absolute Gasteiger partial charge is 0.349 e. The Morgan fingerprint density at radius 1 is 1.36 bits per heavy atom. The number of esters is 1. The number of hydrogen-bond donors (Lipinski definition) is 0. The molecule has 0 spiro atoms. The van der Waals surface area contributed by atoms with Crippen LogP contribution in [0, 0.1) is 25.2 Å². The summed E-state index contributed by atoms with van der Waals surface area (Å²) < 4.78 is 12.3. The minimum Gasteiger partial charge on any atom is -0.451 e. The lowest BCUT2D eigenvalue weighted by molar-refractivity contribution is -0.150. The predicted octanol–water partition coefficient (Wildman–Crippen LogP) is 2.60. The summed E-state index contributed by atoms with van der Waals surface area (Å²) in [5.74, 6) is -0.988. The number of amides is 1. The van der Waals surface area contributed by atoms with Crippen LogP contribution < -0.4 is 0 Å². The monoisotopic (exact) mass is 387 g/mol. The molecule has 2 heterocycles. The fourth-order valence-corrected chi connectivity index (χ4v) is 3.55. The summed E-state index contributed by atoms with van der Waals surface area (Å²) in [6.45, 7) is 7.50. The van der Waals surface area contributed by atoms with E-state index in [-0.39, 0.29) is 24.1 Å². The Morgan fingerprint density at radius 2 is 2.11 bits per heavy atom. The van der Waals surface area contributed by atoms with Gasteiger partial charge in [-0.2, -0.15) is 5.26 Å². The number of aromatic nitrogens is 1. The van der Waals surface area contributed by atoms with E-state index in [0.717, 1.165) is 36.2 Å². The van der Waals surface area contributed by atoms with Gasteiger partial charge in [-0.25, -0.2) is 4.79 Å².